The fourth-order valence-corrected chi connectivity index (χ4v) is 3.19. The normalized spacial score (nSPS) is 10.7. The molecule has 0 bridgehead atoms. The molecule has 3 rings (SSSR count). The topological polar surface area (TPSA) is 64.4 Å². The summed E-state index contributed by atoms with van der Waals surface area (Å²) in [4.78, 5) is 21.6. The number of nitrogens with one attached hydrogen (secondary N) is 1. The Bertz CT molecular complexity index is 769. The van der Waals surface area contributed by atoms with Crippen LogP contribution in [-0.2, 0) is 22.5 Å². The van der Waals surface area contributed by atoms with Crippen LogP contribution in [0.3, 0.4) is 0 Å². The third kappa shape index (κ3) is 5.55. The fourth-order valence-electron chi connectivity index (χ4n) is 2.33. The van der Waals surface area contributed by atoms with Crippen LogP contribution in [-0.4, -0.2) is 17.5 Å². The number of hydrogen-bond acceptors (Lipinski definition) is 5. The van der Waals surface area contributed by atoms with Gasteiger partial charge >= 0.3 is 0 Å². The second kappa shape index (κ2) is 9.15. The van der Waals surface area contributed by atoms with Crippen molar-refractivity contribution in [1.82, 2.24) is 10.5 Å². The van der Waals surface area contributed by atoms with E-state index in [4.69, 9.17) is 9.25 Å². The van der Waals surface area contributed by atoms with Gasteiger partial charge in [0.15, 0.2) is 0 Å². The summed E-state index contributed by atoms with van der Waals surface area (Å²) in [6.07, 6.45) is 4.20. The van der Waals surface area contributed by atoms with Crippen molar-refractivity contribution in [3.8, 4) is 10.6 Å². The number of carbonyl (C=O) groups is 1. The van der Waals surface area contributed by atoms with Crippen LogP contribution in [0.25, 0.3) is 10.6 Å². The zero-order valence-electron chi connectivity index (χ0n) is 13.8. The number of furan rings is 1. The van der Waals surface area contributed by atoms with Gasteiger partial charge < -0.3 is 4.42 Å². The second-order valence-corrected chi connectivity index (χ2v) is 6.42. The van der Waals surface area contributed by atoms with E-state index in [2.05, 4.69) is 10.5 Å². The first-order valence-corrected chi connectivity index (χ1v) is 9.12. The van der Waals surface area contributed by atoms with Crippen LogP contribution in [0.5, 0.6) is 0 Å². The summed E-state index contributed by atoms with van der Waals surface area (Å²) in [7, 11) is 0. The molecule has 25 heavy (non-hydrogen) atoms. The Morgan fingerprint density at radius 2 is 2.04 bits per heavy atom. The minimum absolute atomic E-state index is 0.132. The fraction of sp³-hybridized carbons (Fsp3) is 0.263. The Balaban J connectivity index is 1.33. The smallest absolute Gasteiger partial charge is 0.243 e. The SMILES string of the molecule is O=C(CCc1csc(-c2ccccc2)n1)NOCCCc1ccco1. The van der Waals surface area contributed by atoms with Crippen molar-refractivity contribution in [2.45, 2.75) is 25.7 Å². The molecule has 2 heterocycles. The summed E-state index contributed by atoms with van der Waals surface area (Å²) >= 11 is 1.59. The molecule has 3 aromatic rings. The van der Waals surface area contributed by atoms with E-state index in [0.717, 1.165) is 34.9 Å². The Labute approximate surface area is 150 Å². The molecule has 0 aliphatic carbocycles. The highest BCUT2D eigenvalue weighted by Crippen LogP contribution is 2.23. The lowest BCUT2D eigenvalue weighted by Gasteiger charge is -2.04. The third-order valence-corrected chi connectivity index (χ3v) is 4.56. The van der Waals surface area contributed by atoms with Gasteiger partial charge in [-0.25, -0.2) is 10.5 Å². The summed E-state index contributed by atoms with van der Waals surface area (Å²) in [5.74, 6) is 0.792. The summed E-state index contributed by atoms with van der Waals surface area (Å²) in [5.41, 5.74) is 4.51. The molecule has 0 unspecified atom stereocenters. The lowest BCUT2D eigenvalue weighted by molar-refractivity contribution is -0.133. The van der Waals surface area contributed by atoms with Crippen LogP contribution in [0.1, 0.15) is 24.3 Å². The largest absolute Gasteiger partial charge is 0.469 e. The molecule has 0 saturated heterocycles. The summed E-state index contributed by atoms with van der Waals surface area (Å²) < 4.78 is 5.23. The van der Waals surface area contributed by atoms with Crippen molar-refractivity contribution < 1.29 is 14.0 Å². The number of amides is 1. The minimum atomic E-state index is -0.132. The Morgan fingerprint density at radius 3 is 2.84 bits per heavy atom. The first kappa shape index (κ1) is 17.4. The van der Waals surface area contributed by atoms with E-state index < -0.39 is 0 Å². The minimum Gasteiger partial charge on any atom is -0.469 e. The van der Waals surface area contributed by atoms with Gasteiger partial charge in [0.2, 0.25) is 5.91 Å². The highest BCUT2D eigenvalue weighted by molar-refractivity contribution is 7.13. The number of aromatic nitrogens is 1. The molecule has 0 atom stereocenters. The third-order valence-electron chi connectivity index (χ3n) is 3.62. The number of hydrogen-bond donors (Lipinski definition) is 1. The number of aryl methyl sites for hydroxylation is 2. The molecule has 2 aromatic heterocycles. The second-order valence-electron chi connectivity index (χ2n) is 5.57. The van der Waals surface area contributed by atoms with Crippen molar-refractivity contribution in [3.05, 3.63) is 65.6 Å². The van der Waals surface area contributed by atoms with Gasteiger partial charge in [0.1, 0.15) is 10.8 Å². The summed E-state index contributed by atoms with van der Waals surface area (Å²) in [5, 5.41) is 2.98. The zero-order valence-corrected chi connectivity index (χ0v) is 14.6. The van der Waals surface area contributed by atoms with Gasteiger partial charge in [0.05, 0.1) is 18.6 Å². The van der Waals surface area contributed by atoms with E-state index in [1.54, 1.807) is 17.6 Å². The zero-order chi connectivity index (χ0) is 17.3. The van der Waals surface area contributed by atoms with Crippen LogP contribution in [0, 0.1) is 0 Å². The quantitative estimate of drug-likeness (QED) is 0.465. The number of thiazole rings is 1. The molecule has 1 aromatic carbocycles. The molecule has 0 aliphatic rings. The van der Waals surface area contributed by atoms with Crippen molar-refractivity contribution in [2.24, 2.45) is 0 Å². The molecule has 1 N–H and O–H groups in total. The van der Waals surface area contributed by atoms with Crippen LogP contribution in [0.4, 0.5) is 0 Å². The number of nitrogens with zero attached hydrogens (tertiary/aromatic N) is 1. The first-order valence-electron chi connectivity index (χ1n) is 8.24. The number of benzene rings is 1. The van der Waals surface area contributed by atoms with Crippen molar-refractivity contribution in [2.75, 3.05) is 6.61 Å². The van der Waals surface area contributed by atoms with Crippen LogP contribution in [0.15, 0.2) is 58.5 Å². The van der Waals surface area contributed by atoms with Gasteiger partial charge in [0.25, 0.3) is 0 Å². The Kier molecular flexibility index (Phi) is 6.36. The highest BCUT2D eigenvalue weighted by atomic mass is 32.1. The van der Waals surface area contributed by atoms with Crippen LogP contribution < -0.4 is 5.48 Å². The predicted octanol–water partition coefficient (Wildman–Crippen LogP) is 4.02. The standard InChI is InChI=1S/C19H20N2O3S/c22-18(21-24-13-5-9-17-8-4-12-23-17)11-10-16-14-25-19(20-16)15-6-2-1-3-7-15/h1-4,6-8,12,14H,5,9-11,13H2,(H,21,22). The molecule has 130 valence electrons. The number of rotatable bonds is 9. The lowest BCUT2D eigenvalue weighted by Crippen LogP contribution is -2.24. The molecule has 0 spiro atoms. The molecule has 0 saturated carbocycles. The van der Waals surface area contributed by atoms with E-state index in [1.165, 1.54) is 0 Å². The van der Waals surface area contributed by atoms with Crippen LogP contribution in [0.2, 0.25) is 0 Å². The van der Waals surface area contributed by atoms with Crippen molar-refractivity contribution in [1.29, 1.82) is 0 Å². The van der Waals surface area contributed by atoms with Gasteiger partial charge in [-0.05, 0) is 25.0 Å². The van der Waals surface area contributed by atoms with E-state index >= 15 is 0 Å². The van der Waals surface area contributed by atoms with Gasteiger partial charge in [-0.3, -0.25) is 9.63 Å². The maximum absolute atomic E-state index is 11.8. The maximum Gasteiger partial charge on any atom is 0.243 e. The Morgan fingerprint density at radius 1 is 1.16 bits per heavy atom. The number of hydroxylamine groups is 1. The lowest BCUT2D eigenvalue weighted by atomic mass is 10.2. The van der Waals surface area contributed by atoms with E-state index in [1.807, 2.05) is 47.8 Å². The average Bonchev–Trinajstić information content (AvgIpc) is 3.32. The molecular formula is C19H20N2O3S. The van der Waals surface area contributed by atoms with Gasteiger partial charge in [-0.15, -0.1) is 11.3 Å². The summed E-state index contributed by atoms with van der Waals surface area (Å²) in [6.45, 7) is 0.460. The summed E-state index contributed by atoms with van der Waals surface area (Å²) in [6, 6.07) is 13.8. The molecule has 6 heteroatoms. The van der Waals surface area contributed by atoms with Gasteiger partial charge in [0, 0.05) is 23.8 Å². The maximum atomic E-state index is 11.8. The predicted molar refractivity (Wildman–Crippen MR) is 97.0 cm³/mol. The highest BCUT2D eigenvalue weighted by Gasteiger charge is 2.07. The van der Waals surface area contributed by atoms with E-state index in [-0.39, 0.29) is 5.91 Å². The molecule has 5 nitrogen and oxygen atoms in total. The van der Waals surface area contributed by atoms with E-state index in [9.17, 15) is 4.79 Å². The molecule has 1 amide bonds. The van der Waals surface area contributed by atoms with E-state index in [0.29, 0.717) is 19.4 Å². The van der Waals surface area contributed by atoms with Gasteiger partial charge in [-0.1, -0.05) is 30.3 Å². The molecule has 0 fully saturated rings. The number of carbonyl (C=O) groups excluding carboxylic acids is 1. The van der Waals surface area contributed by atoms with Crippen LogP contribution >= 0.6 is 11.3 Å². The molecule has 0 aliphatic heterocycles. The van der Waals surface area contributed by atoms with Gasteiger partial charge in [-0.2, -0.15) is 0 Å². The van der Waals surface area contributed by atoms with Crippen molar-refractivity contribution >= 4 is 17.2 Å². The Hall–Kier alpha value is -2.44. The first-order chi connectivity index (χ1) is 12.3. The molecule has 0 radical (unpaired) electrons. The average molecular weight is 356 g/mol. The molecular weight excluding hydrogens is 336 g/mol. The van der Waals surface area contributed by atoms with Crippen molar-refractivity contribution in [3.63, 3.8) is 0 Å². The monoisotopic (exact) mass is 356 g/mol.